The highest BCUT2D eigenvalue weighted by atomic mass is 32.2. The van der Waals surface area contributed by atoms with Gasteiger partial charge in [0.1, 0.15) is 12.3 Å². The number of hydrogen-bond donors (Lipinski definition) is 2. The molecule has 2 aromatic carbocycles. The fourth-order valence-corrected chi connectivity index (χ4v) is 5.64. The van der Waals surface area contributed by atoms with Gasteiger partial charge in [0.15, 0.2) is 11.5 Å². The van der Waals surface area contributed by atoms with E-state index in [0.29, 0.717) is 35.2 Å². The maximum absolute atomic E-state index is 12.8. The summed E-state index contributed by atoms with van der Waals surface area (Å²) in [6.45, 7) is 1.18. The zero-order chi connectivity index (χ0) is 28.3. The SMILES string of the molecule is COc1c(CNC(=O)c2cc(C3CC3)nn2C)cccc1OCc1ccc(C(=O)N2CCNS(=O)(=O)CC2)cc1. The molecule has 2 fully saturated rings. The Morgan fingerprint density at radius 2 is 1.90 bits per heavy atom. The number of benzene rings is 2. The molecule has 212 valence electrons. The summed E-state index contributed by atoms with van der Waals surface area (Å²) in [5, 5.41) is 7.41. The predicted molar refractivity (Wildman–Crippen MR) is 148 cm³/mol. The summed E-state index contributed by atoms with van der Waals surface area (Å²) in [5.41, 5.74) is 3.59. The largest absolute Gasteiger partial charge is 0.493 e. The van der Waals surface area contributed by atoms with E-state index >= 15 is 0 Å². The first kappa shape index (κ1) is 27.7. The molecule has 12 heteroatoms. The summed E-state index contributed by atoms with van der Waals surface area (Å²) in [6.07, 6.45) is 2.24. The van der Waals surface area contributed by atoms with E-state index in [-0.39, 0.29) is 43.8 Å². The summed E-state index contributed by atoms with van der Waals surface area (Å²) in [5.74, 6) is 1.00. The highest BCUT2D eigenvalue weighted by Crippen LogP contribution is 2.39. The lowest BCUT2D eigenvalue weighted by Gasteiger charge is -2.19. The van der Waals surface area contributed by atoms with Gasteiger partial charge in [-0.3, -0.25) is 14.3 Å². The van der Waals surface area contributed by atoms with Gasteiger partial charge in [0.05, 0.1) is 18.6 Å². The maximum Gasteiger partial charge on any atom is 0.269 e. The molecule has 1 aromatic heterocycles. The zero-order valence-corrected chi connectivity index (χ0v) is 23.4. The van der Waals surface area contributed by atoms with Crippen molar-refractivity contribution in [2.75, 3.05) is 32.5 Å². The molecule has 1 aliphatic heterocycles. The van der Waals surface area contributed by atoms with Gasteiger partial charge in [-0.25, -0.2) is 13.1 Å². The molecule has 40 heavy (non-hydrogen) atoms. The minimum absolute atomic E-state index is 0.111. The molecule has 2 heterocycles. The number of aromatic nitrogens is 2. The molecule has 1 aliphatic carbocycles. The number of amides is 2. The van der Waals surface area contributed by atoms with Crippen molar-refractivity contribution < 1.29 is 27.5 Å². The molecule has 2 amide bonds. The molecule has 3 aromatic rings. The number of carbonyl (C=O) groups is 2. The fraction of sp³-hybridized carbons (Fsp3) is 0.393. The van der Waals surface area contributed by atoms with Gasteiger partial charge < -0.3 is 19.7 Å². The van der Waals surface area contributed by atoms with Gasteiger partial charge >= 0.3 is 0 Å². The van der Waals surface area contributed by atoms with Crippen molar-refractivity contribution in [1.29, 1.82) is 0 Å². The quantitative estimate of drug-likeness (QED) is 0.405. The van der Waals surface area contributed by atoms with Gasteiger partial charge in [-0.15, -0.1) is 0 Å². The van der Waals surface area contributed by atoms with E-state index < -0.39 is 10.0 Å². The van der Waals surface area contributed by atoms with Crippen LogP contribution in [-0.2, 0) is 30.2 Å². The number of carbonyl (C=O) groups excluding carboxylic acids is 2. The average molecular weight is 568 g/mol. The second kappa shape index (κ2) is 11.7. The Bertz CT molecular complexity index is 1500. The number of ether oxygens (including phenoxy) is 2. The van der Waals surface area contributed by atoms with E-state index in [9.17, 15) is 18.0 Å². The summed E-state index contributed by atoms with van der Waals surface area (Å²) in [7, 11) is -0.00343. The zero-order valence-electron chi connectivity index (χ0n) is 22.6. The van der Waals surface area contributed by atoms with Gasteiger partial charge in [0, 0.05) is 50.3 Å². The Hall–Kier alpha value is -3.90. The van der Waals surface area contributed by atoms with Crippen molar-refractivity contribution in [2.24, 2.45) is 7.05 Å². The van der Waals surface area contributed by atoms with Crippen LogP contribution in [0.5, 0.6) is 11.5 Å². The third-order valence-corrected chi connectivity index (χ3v) is 8.41. The molecule has 0 unspecified atom stereocenters. The fourth-order valence-electron chi connectivity index (χ4n) is 4.63. The van der Waals surface area contributed by atoms with Gasteiger partial charge in [0.25, 0.3) is 11.8 Å². The number of methoxy groups -OCH3 is 1. The van der Waals surface area contributed by atoms with Crippen LogP contribution in [0.2, 0.25) is 0 Å². The van der Waals surface area contributed by atoms with E-state index in [2.05, 4.69) is 15.1 Å². The van der Waals surface area contributed by atoms with Crippen LogP contribution in [0.4, 0.5) is 0 Å². The molecular formula is C28H33N5O6S. The highest BCUT2D eigenvalue weighted by molar-refractivity contribution is 7.89. The number of sulfonamides is 1. The van der Waals surface area contributed by atoms with Crippen molar-refractivity contribution >= 4 is 21.8 Å². The van der Waals surface area contributed by atoms with Crippen molar-refractivity contribution in [2.45, 2.75) is 31.9 Å². The monoisotopic (exact) mass is 567 g/mol. The number of aryl methyl sites for hydroxylation is 1. The lowest BCUT2D eigenvalue weighted by Crippen LogP contribution is -2.34. The van der Waals surface area contributed by atoms with Crippen LogP contribution in [0.3, 0.4) is 0 Å². The lowest BCUT2D eigenvalue weighted by molar-refractivity contribution is 0.0771. The van der Waals surface area contributed by atoms with E-state index in [4.69, 9.17) is 9.47 Å². The van der Waals surface area contributed by atoms with Gasteiger partial charge in [-0.2, -0.15) is 5.10 Å². The smallest absolute Gasteiger partial charge is 0.269 e. The Morgan fingerprint density at radius 3 is 2.62 bits per heavy atom. The van der Waals surface area contributed by atoms with Crippen molar-refractivity contribution in [3.8, 4) is 11.5 Å². The molecule has 1 saturated heterocycles. The minimum atomic E-state index is -3.33. The highest BCUT2D eigenvalue weighted by Gasteiger charge is 2.28. The van der Waals surface area contributed by atoms with Gasteiger partial charge in [-0.05, 0) is 42.7 Å². The van der Waals surface area contributed by atoms with E-state index in [1.54, 1.807) is 54.1 Å². The minimum Gasteiger partial charge on any atom is -0.493 e. The molecule has 0 bridgehead atoms. The van der Waals surface area contributed by atoms with Crippen LogP contribution in [0.1, 0.15) is 56.4 Å². The summed E-state index contributed by atoms with van der Waals surface area (Å²) in [4.78, 5) is 27.2. The summed E-state index contributed by atoms with van der Waals surface area (Å²) < 4.78 is 39.2. The molecule has 11 nitrogen and oxygen atoms in total. The van der Waals surface area contributed by atoms with Crippen LogP contribution in [0, 0.1) is 0 Å². The Kier molecular flexibility index (Phi) is 8.08. The van der Waals surface area contributed by atoms with Gasteiger partial charge in [0.2, 0.25) is 10.0 Å². The average Bonchev–Trinajstić information content (AvgIpc) is 3.75. The number of para-hydroxylation sites is 1. The number of nitrogens with one attached hydrogen (secondary N) is 2. The van der Waals surface area contributed by atoms with Crippen LogP contribution in [0.15, 0.2) is 48.5 Å². The maximum atomic E-state index is 12.8. The predicted octanol–water partition coefficient (Wildman–Crippen LogP) is 2.19. The second-order valence-corrected chi connectivity index (χ2v) is 11.9. The molecule has 0 spiro atoms. The first-order chi connectivity index (χ1) is 19.2. The third-order valence-electron chi connectivity index (χ3n) is 7.05. The van der Waals surface area contributed by atoms with Crippen LogP contribution >= 0.6 is 0 Å². The van der Waals surface area contributed by atoms with Crippen molar-refractivity contribution in [3.63, 3.8) is 0 Å². The van der Waals surface area contributed by atoms with Gasteiger partial charge in [-0.1, -0.05) is 24.3 Å². The molecule has 5 rings (SSSR count). The third kappa shape index (κ3) is 6.45. The number of hydrogen-bond acceptors (Lipinski definition) is 7. The number of rotatable bonds is 9. The summed E-state index contributed by atoms with van der Waals surface area (Å²) in [6, 6.07) is 14.4. The standard InChI is InChI=1S/C28H33N5O6S/c1-32-24(16-23(31-32)20-10-11-20)27(34)29-17-22-4-3-5-25(26(22)38-2)39-18-19-6-8-21(9-7-19)28(35)33-13-12-30-40(36,37)15-14-33/h3-9,16,20,30H,10-15,17-18H2,1-2H3,(H,29,34). The Labute approximate surface area is 233 Å². The molecule has 0 radical (unpaired) electrons. The molecular weight excluding hydrogens is 534 g/mol. The topological polar surface area (TPSA) is 132 Å². The lowest BCUT2D eigenvalue weighted by atomic mass is 10.1. The van der Waals surface area contributed by atoms with Crippen LogP contribution in [-0.4, -0.2) is 67.4 Å². The first-order valence-electron chi connectivity index (χ1n) is 13.2. The molecule has 0 atom stereocenters. The Morgan fingerprint density at radius 1 is 1.12 bits per heavy atom. The molecule has 1 saturated carbocycles. The molecule has 2 aliphatic rings. The Balaban J connectivity index is 1.19. The van der Waals surface area contributed by atoms with Crippen molar-refractivity contribution in [3.05, 3.63) is 76.6 Å². The van der Waals surface area contributed by atoms with E-state index in [0.717, 1.165) is 29.7 Å². The van der Waals surface area contributed by atoms with Crippen molar-refractivity contribution in [1.82, 2.24) is 24.7 Å². The van der Waals surface area contributed by atoms with E-state index in [1.807, 2.05) is 18.2 Å². The number of nitrogens with zero attached hydrogens (tertiary/aromatic N) is 3. The first-order valence-corrected chi connectivity index (χ1v) is 14.9. The normalized spacial score (nSPS) is 16.7. The van der Waals surface area contributed by atoms with E-state index in [1.165, 1.54) is 0 Å². The summed E-state index contributed by atoms with van der Waals surface area (Å²) >= 11 is 0. The van der Waals surface area contributed by atoms with Crippen LogP contribution < -0.4 is 19.5 Å². The second-order valence-electron chi connectivity index (χ2n) is 9.97. The molecule has 2 N–H and O–H groups in total. The van der Waals surface area contributed by atoms with Crippen LogP contribution in [0.25, 0.3) is 0 Å².